The molecule has 192 valence electrons. The van der Waals surface area contributed by atoms with Crippen molar-refractivity contribution < 1.29 is 19.0 Å². The molecule has 10 heteroatoms. The zero-order valence-corrected chi connectivity index (χ0v) is 23.6. The van der Waals surface area contributed by atoms with E-state index in [2.05, 4.69) is 27.5 Å². The predicted octanol–water partition coefficient (Wildman–Crippen LogP) is 4.79. The molecular weight excluding hydrogens is 580 g/mol. The topological polar surface area (TPSA) is 79.1 Å². The van der Waals surface area contributed by atoms with Gasteiger partial charge in [0.2, 0.25) is 0 Å². The molecule has 0 unspecified atom stereocenters. The second kappa shape index (κ2) is 11.5. The van der Waals surface area contributed by atoms with Crippen LogP contribution in [-0.2, 0) is 9.53 Å². The summed E-state index contributed by atoms with van der Waals surface area (Å²) >= 11 is 10.9. The molecule has 0 spiro atoms. The first-order chi connectivity index (χ1) is 17.8. The Balaban J connectivity index is 1.90. The summed E-state index contributed by atoms with van der Waals surface area (Å²) in [5.74, 6) is 0.537. The average molecular weight is 604 g/mol. The lowest BCUT2D eigenvalue weighted by molar-refractivity contribution is -0.139. The SMILES string of the molecule is C=CCOc1c(Br)cc(/C=c2\sc3n(c2=O)[C@@H](c2ccc(Cl)cc2)C(C(=O)OCC)=C(C)N=3)cc1OC. The molecule has 1 aliphatic rings. The second-order valence-corrected chi connectivity index (χ2v) is 10.3. The highest BCUT2D eigenvalue weighted by molar-refractivity contribution is 9.10. The average Bonchev–Trinajstić information content (AvgIpc) is 3.17. The van der Waals surface area contributed by atoms with Crippen LogP contribution in [0.15, 0.2) is 74.6 Å². The van der Waals surface area contributed by atoms with Crippen LogP contribution in [0.5, 0.6) is 11.5 Å². The van der Waals surface area contributed by atoms with E-state index in [-0.39, 0.29) is 12.2 Å². The Hall–Kier alpha value is -3.14. The van der Waals surface area contributed by atoms with Crippen LogP contribution in [0.3, 0.4) is 0 Å². The van der Waals surface area contributed by atoms with Crippen LogP contribution in [0.25, 0.3) is 6.08 Å². The normalized spacial score (nSPS) is 15.2. The number of carbonyl (C=O) groups is 1. The van der Waals surface area contributed by atoms with Gasteiger partial charge in [0.05, 0.1) is 40.0 Å². The summed E-state index contributed by atoms with van der Waals surface area (Å²) in [4.78, 5) is 31.8. The van der Waals surface area contributed by atoms with E-state index < -0.39 is 12.0 Å². The predicted molar refractivity (Wildman–Crippen MR) is 148 cm³/mol. The number of methoxy groups -OCH3 is 1. The van der Waals surface area contributed by atoms with E-state index in [1.807, 2.05) is 6.07 Å². The van der Waals surface area contributed by atoms with Gasteiger partial charge in [-0.1, -0.05) is 47.7 Å². The number of nitrogens with zero attached hydrogens (tertiary/aromatic N) is 2. The number of aromatic nitrogens is 1. The second-order valence-electron chi connectivity index (χ2n) is 7.99. The summed E-state index contributed by atoms with van der Waals surface area (Å²) in [5.41, 5.74) is 1.99. The molecule has 0 aliphatic carbocycles. The molecule has 7 nitrogen and oxygen atoms in total. The van der Waals surface area contributed by atoms with Gasteiger partial charge in [0.25, 0.3) is 5.56 Å². The van der Waals surface area contributed by atoms with Crippen LogP contribution in [0.1, 0.15) is 31.0 Å². The van der Waals surface area contributed by atoms with Crippen molar-refractivity contribution in [2.45, 2.75) is 19.9 Å². The summed E-state index contributed by atoms with van der Waals surface area (Å²) < 4.78 is 19.2. The number of carbonyl (C=O) groups excluding carboxylic acids is 1. The summed E-state index contributed by atoms with van der Waals surface area (Å²) in [6, 6.07) is 9.97. The van der Waals surface area contributed by atoms with E-state index in [1.54, 1.807) is 63.4 Å². The smallest absolute Gasteiger partial charge is 0.338 e. The van der Waals surface area contributed by atoms with E-state index >= 15 is 0 Å². The number of hydrogen-bond acceptors (Lipinski definition) is 7. The fraction of sp³-hybridized carbons (Fsp3) is 0.222. The van der Waals surface area contributed by atoms with Crippen LogP contribution in [0.4, 0.5) is 0 Å². The number of esters is 1. The van der Waals surface area contributed by atoms with Crippen molar-refractivity contribution >= 4 is 50.9 Å². The van der Waals surface area contributed by atoms with Gasteiger partial charge in [-0.25, -0.2) is 9.79 Å². The van der Waals surface area contributed by atoms with E-state index in [0.717, 1.165) is 11.1 Å². The summed E-state index contributed by atoms with van der Waals surface area (Å²) in [5, 5.41) is 0.551. The first-order valence-corrected chi connectivity index (χ1v) is 13.3. The zero-order valence-electron chi connectivity index (χ0n) is 20.4. The largest absolute Gasteiger partial charge is 0.493 e. The van der Waals surface area contributed by atoms with E-state index in [0.29, 0.717) is 48.2 Å². The third-order valence-electron chi connectivity index (χ3n) is 5.60. The Morgan fingerprint density at radius 1 is 1.30 bits per heavy atom. The Bertz CT molecular complexity index is 1570. The maximum absolute atomic E-state index is 13.8. The molecule has 0 N–H and O–H groups in total. The maximum atomic E-state index is 13.8. The highest BCUT2D eigenvalue weighted by Gasteiger charge is 2.33. The zero-order chi connectivity index (χ0) is 26.7. The van der Waals surface area contributed by atoms with Crippen LogP contribution in [0.2, 0.25) is 5.02 Å². The van der Waals surface area contributed by atoms with Crippen molar-refractivity contribution in [2.75, 3.05) is 20.3 Å². The number of hydrogen-bond donors (Lipinski definition) is 0. The summed E-state index contributed by atoms with van der Waals surface area (Å²) in [6.45, 7) is 7.68. The molecule has 4 rings (SSSR count). The lowest BCUT2D eigenvalue weighted by Crippen LogP contribution is -2.39. The van der Waals surface area contributed by atoms with Gasteiger partial charge in [0, 0.05) is 5.02 Å². The van der Waals surface area contributed by atoms with Crippen LogP contribution in [-0.4, -0.2) is 30.9 Å². The molecular formula is C27H24BrClN2O5S. The van der Waals surface area contributed by atoms with Gasteiger partial charge < -0.3 is 14.2 Å². The Labute approximate surface area is 231 Å². The third kappa shape index (κ3) is 5.44. The Kier molecular flexibility index (Phi) is 8.36. The lowest BCUT2D eigenvalue weighted by atomic mass is 9.96. The van der Waals surface area contributed by atoms with Crippen molar-refractivity contribution in [1.29, 1.82) is 0 Å². The number of benzene rings is 2. The van der Waals surface area contributed by atoms with Gasteiger partial charge in [-0.15, -0.1) is 0 Å². The molecule has 2 heterocycles. The van der Waals surface area contributed by atoms with Gasteiger partial charge in [0.1, 0.15) is 6.61 Å². The minimum atomic E-state index is -0.703. The molecule has 0 radical (unpaired) electrons. The minimum Gasteiger partial charge on any atom is -0.493 e. The fourth-order valence-electron chi connectivity index (χ4n) is 4.01. The number of rotatable bonds is 8. The first kappa shape index (κ1) is 26.9. The Morgan fingerprint density at radius 3 is 2.68 bits per heavy atom. The Morgan fingerprint density at radius 2 is 2.03 bits per heavy atom. The number of thiazole rings is 1. The van der Waals surface area contributed by atoms with Gasteiger partial charge in [-0.3, -0.25) is 9.36 Å². The van der Waals surface area contributed by atoms with E-state index in [1.165, 1.54) is 15.9 Å². The van der Waals surface area contributed by atoms with Crippen molar-refractivity contribution in [3.05, 3.63) is 101 Å². The minimum absolute atomic E-state index is 0.205. The third-order valence-corrected chi connectivity index (χ3v) is 7.42. The van der Waals surface area contributed by atoms with Crippen LogP contribution >= 0.6 is 38.9 Å². The summed E-state index contributed by atoms with van der Waals surface area (Å²) in [7, 11) is 1.55. The summed E-state index contributed by atoms with van der Waals surface area (Å²) in [6.07, 6.45) is 3.40. The molecule has 0 fully saturated rings. The number of fused-ring (bicyclic) bond motifs is 1. The number of allylic oxidation sites excluding steroid dienone is 1. The number of halogens is 2. The highest BCUT2D eigenvalue weighted by atomic mass is 79.9. The van der Waals surface area contributed by atoms with Gasteiger partial charge >= 0.3 is 5.97 Å². The standard InChI is InChI=1S/C27H24BrClN2O5S/c1-5-11-36-24-19(28)12-16(13-20(24)34-4)14-21-25(32)31-23(17-7-9-18(29)10-8-17)22(26(33)35-6-2)15(3)30-27(31)37-21/h5,7-10,12-14,23H,1,6,11H2,2-4H3/b21-14-/t23-/m0/s1. The maximum Gasteiger partial charge on any atom is 0.338 e. The molecule has 2 aromatic carbocycles. The quantitative estimate of drug-likeness (QED) is 0.273. The lowest BCUT2D eigenvalue weighted by Gasteiger charge is -2.24. The number of ether oxygens (including phenoxy) is 3. The van der Waals surface area contributed by atoms with Crippen LogP contribution < -0.4 is 24.4 Å². The highest BCUT2D eigenvalue weighted by Crippen LogP contribution is 2.37. The van der Waals surface area contributed by atoms with Crippen LogP contribution in [0, 0.1) is 0 Å². The molecule has 1 atom stereocenters. The molecule has 37 heavy (non-hydrogen) atoms. The van der Waals surface area contributed by atoms with Gasteiger partial charge in [-0.05, 0) is 71.2 Å². The monoisotopic (exact) mass is 602 g/mol. The van der Waals surface area contributed by atoms with E-state index in [4.69, 9.17) is 25.8 Å². The molecule has 0 amide bonds. The molecule has 3 aromatic rings. The van der Waals surface area contributed by atoms with Crippen molar-refractivity contribution in [3.8, 4) is 11.5 Å². The molecule has 1 aliphatic heterocycles. The molecule has 0 bridgehead atoms. The van der Waals surface area contributed by atoms with Gasteiger partial charge in [-0.2, -0.15) is 0 Å². The molecule has 0 saturated heterocycles. The molecule has 0 saturated carbocycles. The fourth-order valence-corrected chi connectivity index (χ4v) is 5.76. The molecule has 1 aromatic heterocycles. The van der Waals surface area contributed by atoms with E-state index in [9.17, 15) is 9.59 Å². The van der Waals surface area contributed by atoms with Crippen molar-refractivity contribution in [1.82, 2.24) is 4.57 Å². The van der Waals surface area contributed by atoms with Crippen molar-refractivity contribution in [2.24, 2.45) is 4.99 Å². The first-order valence-electron chi connectivity index (χ1n) is 11.3. The van der Waals surface area contributed by atoms with Gasteiger partial charge in [0.15, 0.2) is 16.3 Å². The van der Waals surface area contributed by atoms with Crippen molar-refractivity contribution in [3.63, 3.8) is 0 Å².